The van der Waals surface area contributed by atoms with E-state index in [2.05, 4.69) is 5.32 Å². The number of aryl methyl sites for hydroxylation is 1. The highest BCUT2D eigenvalue weighted by Crippen LogP contribution is 2.26. The van der Waals surface area contributed by atoms with Gasteiger partial charge >= 0.3 is 0 Å². The van der Waals surface area contributed by atoms with Crippen molar-refractivity contribution >= 4 is 22.4 Å². The maximum Gasteiger partial charge on any atom is 0.273 e. The molecule has 0 bridgehead atoms. The van der Waals surface area contributed by atoms with Crippen molar-refractivity contribution in [1.82, 2.24) is 5.32 Å². The Hall–Kier alpha value is -3.25. The quantitative estimate of drug-likeness (QED) is 0.512. The van der Waals surface area contributed by atoms with E-state index in [4.69, 9.17) is 0 Å². The van der Waals surface area contributed by atoms with Crippen LogP contribution in [0.3, 0.4) is 0 Å². The lowest BCUT2D eigenvalue weighted by Crippen LogP contribution is -2.25. The second-order valence-electron chi connectivity index (χ2n) is 6.39. The van der Waals surface area contributed by atoms with Crippen LogP contribution in [0.4, 0.5) is 5.69 Å². The fraction of sp³-hybridized carbons (Fsp3) is 0.190. The molecule has 27 heavy (non-hydrogen) atoms. The average molecular weight is 364 g/mol. The Morgan fingerprint density at radius 3 is 2.67 bits per heavy atom. The molecule has 3 rings (SSSR count). The highest BCUT2D eigenvalue weighted by molar-refractivity contribution is 5.95. The van der Waals surface area contributed by atoms with Gasteiger partial charge in [0.25, 0.3) is 11.6 Å². The van der Waals surface area contributed by atoms with E-state index in [0.29, 0.717) is 12.0 Å². The number of nitro groups is 1. The molecule has 0 aromatic heterocycles. The van der Waals surface area contributed by atoms with Crippen molar-refractivity contribution < 1.29 is 14.8 Å². The van der Waals surface area contributed by atoms with Crippen molar-refractivity contribution in [2.75, 3.05) is 6.54 Å². The highest BCUT2D eigenvalue weighted by Gasteiger charge is 2.16. The Morgan fingerprint density at radius 2 is 1.89 bits per heavy atom. The lowest BCUT2D eigenvalue weighted by atomic mass is 9.99. The van der Waals surface area contributed by atoms with E-state index in [1.54, 1.807) is 19.1 Å². The predicted molar refractivity (Wildman–Crippen MR) is 104 cm³/mol. The van der Waals surface area contributed by atoms with Crippen molar-refractivity contribution in [3.05, 3.63) is 87.5 Å². The standard InChI is InChI=1S/C21H20N2O4/c1-14-9-10-16(13-19(14)23(26)27)21(25)22-12-11-20(24)18-8-4-6-15-5-2-3-7-17(15)18/h2-10,13,20,24H,11-12H2,1H3,(H,22,25). The Morgan fingerprint density at radius 1 is 1.15 bits per heavy atom. The molecule has 1 unspecified atom stereocenters. The number of rotatable bonds is 6. The molecule has 6 heteroatoms. The molecule has 2 N–H and O–H groups in total. The molecule has 3 aromatic carbocycles. The summed E-state index contributed by atoms with van der Waals surface area (Å²) in [6.07, 6.45) is -0.378. The maximum absolute atomic E-state index is 12.2. The highest BCUT2D eigenvalue weighted by atomic mass is 16.6. The van der Waals surface area contributed by atoms with Gasteiger partial charge < -0.3 is 10.4 Å². The van der Waals surface area contributed by atoms with Crippen LogP contribution in [0.2, 0.25) is 0 Å². The smallest absolute Gasteiger partial charge is 0.273 e. The predicted octanol–water partition coefficient (Wildman–Crippen LogP) is 3.91. The number of hydrogen-bond donors (Lipinski definition) is 2. The summed E-state index contributed by atoms with van der Waals surface area (Å²) in [7, 11) is 0. The zero-order valence-electron chi connectivity index (χ0n) is 14.9. The summed E-state index contributed by atoms with van der Waals surface area (Å²) in [5, 5.41) is 26.3. The van der Waals surface area contributed by atoms with Gasteiger partial charge in [-0.25, -0.2) is 0 Å². The topological polar surface area (TPSA) is 92.5 Å². The third-order valence-electron chi connectivity index (χ3n) is 4.55. The summed E-state index contributed by atoms with van der Waals surface area (Å²) in [4.78, 5) is 22.7. The summed E-state index contributed by atoms with van der Waals surface area (Å²) >= 11 is 0. The molecule has 1 atom stereocenters. The third-order valence-corrected chi connectivity index (χ3v) is 4.55. The number of nitrogens with one attached hydrogen (secondary N) is 1. The van der Waals surface area contributed by atoms with Gasteiger partial charge in [-0.15, -0.1) is 0 Å². The van der Waals surface area contributed by atoms with E-state index in [0.717, 1.165) is 16.3 Å². The van der Waals surface area contributed by atoms with Crippen LogP contribution in [-0.2, 0) is 0 Å². The zero-order chi connectivity index (χ0) is 19.4. The molecule has 0 fully saturated rings. The first-order valence-corrected chi connectivity index (χ1v) is 8.66. The number of carbonyl (C=O) groups is 1. The summed E-state index contributed by atoms with van der Waals surface area (Å²) in [6, 6.07) is 17.9. The number of nitrogens with zero attached hydrogens (tertiary/aromatic N) is 1. The van der Waals surface area contributed by atoms with E-state index in [9.17, 15) is 20.0 Å². The van der Waals surface area contributed by atoms with E-state index < -0.39 is 16.9 Å². The van der Waals surface area contributed by atoms with Crippen LogP contribution >= 0.6 is 0 Å². The lowest BCUT2D eigenvalue weighted by molar-refractivity contribution is -0.385. The molecule has 0 aliphatic heterocycles. The Kier molecular flexibility index (Phi) is 5.47. The van der Waals surface area contributed by atoms with Gasteiger partial charge in [-0.2, -0.15) is 0 Å². The number of aliphatic hydroxyl groups excluding tert-OH is 1. The zero-order valence-corrected chi connectivity index (χ0v) is 14.9. The van der Waals surface area contributed by atoms with Crippen LogP contribution in [0.1, 0.15) is 34.0 Å². The molecule has 0 aliphatic carbocycles. The Balaban J connectivity index is 1.65. The minimum absolute atomic E-state index is 0.0848. The molecule has 138 valence electrons. The fourth-order valence-electron chi connectivity index (χ4n) is 3.07. The fourth-order valence-corrected chi connectivity index (χ4v) is 3.07. The first-order valence-electron chi connectivity index (χ1n) is 8.66. The van der Waals surface area contributed by atoms with Gasteiger partial charge in [0.1, 0.15) is 0 Å². The minimum Gasteiger partial charge on any atom is -0.388 e. The van der Waals surface area contributed by atoms with Gasteiger partial charge in [-0.1, -0.05) is 48.5 Å². The van der Waals surface area contributed by atoms with E-state index in [1.807, 2.05) is 42.5 Å². The number of benzene rings is 3. The van der Waals surface area contributed by atoms with Crippen molar-refractivity contribution in [3.8, 4) is 0 Å². The largest absolute Gasteiger partial charge is 0.388 e. The van der Waals surface area contributed by atoms with Crippen LogP contribution in [0.5, 0.6) is 0 Å². The lowest BCUT2D eigenvalue weighted by Gasteiger charge is -2.14. The van der Waals surface area contributed by atoms with Crippen molar-refractivity contribution in [3.63, 3.8) is 0 Å². The first kappa shape index (κ1) is 18.5. The number of amides is 1. The third kappa shape index (κ3) is 4.12. The summed E-state index contributed by atoms with van der Waals surface area (Å²) < 4.78 is 0. The number of fused-ring (bicyclic) bond motifs is 1. The molecule has 0 heterocycles. The van der Waals surface area contributed by atoms with Crippen LogP contribution in [-0.4, -0.2) is 22.5 Å². The summed E-state index contributed by atoms with van der Waals surface area (Å²) in [6.45, 7) is 1.88. The van der Waals surface area contributed by atoms with Gasteiger partial charge in [0, 0.05) is 23.7 Å². The summed E-state index contributed by atoms with van der Waals surface area (Å²) in [5.74, 6) is -0.400. The van der Waals surface area contributed by atoms with Gasteiger partial charge in [0.15, 0.2) is 0 Å². The molecule has 1 amide bonds. The normalized spacial score (nSPS) is 11.9. The SMILES string of the molecule is Cc1ccc(C(=O)NCCC(O)c2cccc3ccccc23)cc1[N+](=O)[O-]. The molecule has 0 aliphatic rings. The van der Waals surface area contributed by atoms with Crippen molar-refractivity contribution in [2.24, 2.45) is 0 Å². The Labute approximate surface area is 156 Å². The summed E-state index contributed by atoms with van der Waals surface area (Å²) in [5.41, 5.74) is 1.46. The van der Waals surface area contributed by atoms with Crippen LogP contribution < -0.4 is 5.32 Å². The van der Waals surface area contributed by atoms with E-state index >= 15 is 0 Å². The van der Waals surface area contributed by atoms with Crippen LogP contribution in [0.15, 0.2) is 60.7 Å². The van der Waals surface area contributed by atoms with Gasteiger partial charge in [0.05, 0.1) is 11.0 Å². The number of carbonyl (C=O) groups excluding carboxylic acids is 1. The van der Waals surface area contributed by atoms with E-state index in [1.165, 1.54) is 6.07 Å². The second-order valence-corrected chi connectivity index (χ2v) is 6.39. The second kappa shape index (κ2) is 7.97. The molecule has 0 spiro atoms. The monoisotopic (exact) mass is 364 g/mol. The molecule has 0 saturated heterocycles. The van der Waals surface area contributed by atoms with Crippen LogP contribution in [0.25, 0.3) is 10.8 Å². The van der Waals surface area contributed by atoms with Gasteiger partial charge in [-0.05, 0) is 35.7 Å². The van der Waals surface area contributed by atoms with Crippen LogP contribution in [0, 0.1) is 17.0 Å². The molecule has 6 nitrogen and oxygen atoms in total. The van der Waals surface area contributed by atoms with Crippen molar-refractivity contribution in [2.45, 2.75) is 19.4 Å². The number of hydrogen-bond acceptors (Lipinski definition) is 4. The number of aliphatic hydroxyl groups is 1. The molecular weight excluding hydrogens is 344 g/mol. The first-order chi connectivity index (χ1) is 13.0. The molecule has 3 aromatic rings. The molecule has 0 saturated carbocycles. The van der Waals surface area contributed by atoms with E-state index in [-0.39, 0.29) is 17.8 Å². The minimum atomic E-state index is -0.719. The van der Waals surface area contributed by atoms with Gasteiger partial charge in [-0.3, -0.25) is 14.9 Å². The van der Waals surface area contributed by atoms with Crippen molar-refractivity contribution in [1.29, 1.82) is 0 Å². The average Bonchev–Trinajstić information content (AvgIpc) is 2.67. The molecular formula is C21H20N2O4. The maximum atomic E-state index is 12.2. The molecule has 0 radical (unpaired) electrons. The Bertz CT molecular complexity index is 995. The van der Waals surface area contributed by atoms with Gasteiger partial charge in [0.2, 0.25) is 0 Å². The number of nitro benzene ring substituents is 1.